The van der Waals surface area contributed by atoms with Gasteiger partial charge in [0.15, 0.2) is 5.76 Å². The Kier molecular flexibility index (Phi) is 3.05. The summed E-state index contributed by atoms with van der Waals surface area (Å²) in [7, 11) is 0. The number of nitrogens with zero attached hydrogens (tertiary/aromatic N) is 4. The van der Waals surface area contributed by atoms with Gasteiger partial charge in [-0.2, -0.15) is 5.10 Å². The van der Waals surface area contributed by atoms with Crippen LogP contribution in [0.4, 0.5) is 0 Å². The van der Waals surface area contributed by atoms with Crippen LogP contribution in [-0.4, -0.2) is 32.9 Å². The van der Waals surface area contributed by atoms with E-state index < -0.39 is 0 Å². The van der Waals surface area contributed by atoms with E-state index in [1.807, 2.05) is 59.5 Å². The molecule has 0 radical (unpaired) electrons. The van der Waals surface area contributed by atoms with Crippen LogP contribution in [0.2, 0.25) is 0 Å². The van der Waals surface area contributed by atoms with Gasteiger partial charge in [-0.25, -0.2) is 0 Å². The van der Waals surface area contributed by atoms with Crippen molar-refractivity contribution in [3.8, 4) is 11.3 Å². The molecule has 1 aliphatic heterocycles. The zero-order chi connectivity index (χ0) is 14.1. The molecule has 5 heteroatoms. The van der Waals surface area contributed by atoms with Crippen molar-refractivity contribution in [1.29, 1.82) is 0 Å². The molecule has 0 unspecified atom stereocenters. The number of hydrogen-bond donors (Lipinski definition) is 0. The minimum atomic E-state index is 0.483. The smallest absolute Gasteiger partial charge is 0.151 e. The Morgan fingerprint density at radius 1 is 1.14 bits per heavy atom. The minimum Gasteiger partial charge on any atom is -0.359 e. The Hall–Kier alpha value is -2.40. The van der Waals surface area contributed by atoms with Crippen molar-refractivity contribution in [2.24, 2.45) is 0 Å². The summed E-state index contributed by atoms with van der Waals surface area (Å²) in [6.07, 6.45) is 3.84. The van der Waals surface area contributed by atoms with Gasteiger partial charge >= 0.3 is 0 Å². The van der Waals surface area contributed by atoms with Crippen molar-refractivity contribution in [2.75, 3.05) is 13.1 Å². The number of likely N-dealkylation sites (tertiary alicyclic amines) is 1. The van der Waals surface area contributed by atoms with Gasteiger partial charge in [-0.1, -0.05) is 35.5 Å². The van der Waals surface area contributed by atoms with E-state index >= 15 is 0 Å². The monoisotopic (exact) mass is 280 g/mol. The van der Waals surface area contributed by atoms with E-state index in [0.29, 0.717) is 6.04 Å². The van der Waals surface area contributed by atoms with Crippen LogP contribution in [0.15, 0.2) is 59.4 Å². The van der Waals surface area contributed by atoms with Gasteiger partial charge in [0, 0.05) is 37.1 Å². The maximum atomic E-state index is 5.44. The molecular weight excluding hydrogens is 264 g/mol. The summed E-state index contributed by atoms with van der Waals surface area (Å²) >= 11 is 0. The lowest BCUT2D eigenvalue weighted by Gasteiger charge is -2.38. The summed E-state index contributed by atoms with van der Waals surface area (Å²) in [6, 6.07) is 14.6. The molecule has 3 heterocycles. The summed E-state index contributed by atoms with van der Waals surface area (Å²) in [5, 5.41) is 8.43. The highest BCUT2D eigenvalue weighted by Gasteiger charge is 2.29. The lowest BCUT2D eigenvalue weighted by Crippen LogP contribution is -2.47. The molecule has 0 amide bonds. The second-order valence-electron chi connectivity index (χ2n) is 5.38. The van der Waals surface area contributed by atoms with Crippen molar-refractivity contribution in [2.45, 2.75) is 12.6 Å². The summed E-state index contributed by atoms with van der Waals surface area (Å²) < 4.78 is 7.46. The number of hydrogen-bond acceptors (Lipinski definition) is 4. The molecule has 0 N–H and O–H groups in total. The molecular formula is C16H16N4O. The lowest BCUT2D eigenvalue weighted by molar-refractivity contribution is 0.0810. The molecule has 3 aromatic rings. The summed E-state index contributed by atoms with van der Waals surface area (Å²) in [6.45, 7) is 2.81. The quantitative estimate of drug-likeness (QED) is 0.737. The fraction of sp³-hybridized carbons (Fsp3) is 0.250. The van der Waals surface area contributed by atoms with Crippen molar-refractivity contribution in [3.63, 3.8) is 0 Å². The van der Waals surface area contributed by atoms with Crippen LogP contribution >= 0.6 is 0 Å². The number of benzene rings is 1. The molecule has 1 saturated heterocycles. The summed E-state index contributed by atoms with van der Waals surface area (Å²) in [5.74, 6) is 0.910. The van der Waals surface area contributed by atoms with Gasteiger partial charge < -0.3 is 4.52 Å². The second kappa shape index (κ2) is 5.18. The highest BCUT2D eigenvalue weighted by Crippen LogP contribution is 2.24. The van der Waals surface area contributed by atoms with Gasteiger partial charge in [-0.15, -0.1) is 0 Å². The zero-order valence-electron chi connectivity index (χ0n) is 11.6. The Bertz CT molecular complexity index is 699. The molecule has 1 fully saturated rings. The lowest BCUT2D eigenvalue weighted by atomic mass is 10.1. The Morgan fingerprint density at radius 2 is 2.00 bits per heavy atom. The standard InChI is InChI=1S/C16H16N4O/c1-2-5-13(6-3-1)16-9-15(21-18-16)12-19-10-14(11-19)20-8-4-7-17-20/h1-9,14H,10-12H2. The maximum absolute atomic E-state index is 5.44. The first-order valence-electron chi connectivity index (χ1n) is 7.11. The SMILES string of the molecule is c1ccc(-c2cc(CN3CC(n4cccn4)C3)on2)cc1. The van der Waals surface area contributed by atoms with Crippen LogP contribution in [0.3, 0.4) is 0 Å². The zero-order valence-corrected chi connectivity index (χ0v) is 11.6. The van der Waals surface area contributed by atoms with Crippen molar-refractivity contribution < 1.29 is 4.52 Å². The molecule has 1 aromatic carbocycles. The average Bonchev–Trinajstić information content (AvgIpc) is 3.15. The van der Waals surface area contributed by atoms with E-state index in [4.69, 9.17) is 4.52 Å². The van der Waals surface area contributed by atoms with Gasteiger partial charge in [-0.05, 0) is 6.07 Å². The molecule has 106 valence electrons. The first-order chi connectivity index (χ1) is 10.4. The van der Waals surface area contributed by atoms with Crippen LogP contribution in [0.1, 0.15) is 11.8 Å². The molecule has 0 spiro atoms. The third-order valence-electron chi connectivity index (χ3n) is 3.84. The molecule has 4 rings (SSSR count). The van der Waals surface area contributed by atoms with Crippen molar-refractivity contribution in [1.82, 2.24) is 19.8 Å². The van der Waals surface area contributed by atoms with Gasteiger partial charge in [-0.3, -0.25) is 9.58 Å². The second-order valence-corrected chi connectivity index (χ2v) is 5.38. The van der Waals surface area contributed by atoms with Crippen LogP contribution < -0.4 is 0 Å². The third kappa shape index (κ3) is 2.48. The van der Waals surface area contributed by atoms with Gasteiger partial charge in [0.05, 0.1) is 12.6 Å². The molecule has 0 saturated carbocycles. The first kappa shape index (κ1) is 12.3. The Balaban J connectivity index is 1.38. The highest BCUT2D eigenvalue weighted by atomic mass is 16.5. The van der Waals surface area contributed by atoms with E-state index in [1.165, 1.54) is 0 Å². The highest BCUT2D eigenvalue weighted by molar-refractivity contribution is 5.58. The summed E-state index contributed by atoms with van der Waals surface area (Å²) in [4.78, 5) is 2.33. The third-order valence-corrected chi connectivity index (χ3v) is 3.84. The predicted molar refractivity (Wildman–Crippen MR) is 78.5 cm³/mol. The minimum absolute atomic E-state index is 0.483. The molecule has 2 aromatic heterocycles. The topological polar surface area (TPSA) is 47.1 Å². The van der Waals surface area contributed by atoms with Crippen molar-refractivity contribution >= 4 is 0 Å². The maximum Gasteiger partial charge on any atom is 0.151 e. The van der Waals surface area contributed by atoms with Crippen molar-refractivity contribution in [3.05, 3.63) is 60.6 Å². The molecule has 0 bridgehead atoms. The van der Waals surface area contributed by atoms with Gasteiger partial charge in [0.1, 0.15) is 5.69 Å². The Morgan fingerprint density at radius 3 is 2.76 bits per heavy atom. The molecule has 21 heavy (non-hydrogen) atoms. The predicted octanol–water partition coefficient (Wildman–Crippen LogP) is 2.60. The van der Waals surface area contributed by atoms with E-state index in [-0.39, 0.29) is 0 Å². The van der Waals surface area contributed by atoms with Gasteiger partial charge in [0.2, 0.25) is 0 Å². The number of rotatable bonds is 4. The average molecular weight is 280 g/mol. The van der Waals surface area contributed by atoms with Crippen LogP contribution in [0.25, 0.3) is 11.3 Å². The Labute approximate surface area is 122 Å². The van der Waals surface area contributed by atoms with E-state index in [2.05, 4.69) is 15.2 Å². The van der Waals surface area contributed by atoms with E-state index in [1.54, 1.807) is 0 Å². The normalized spacial score (nSPS) is 16.0. The fourth-order valence-corrected chi connectivity index (χ4v) is 2.69. The van der Waals surface area contributed by atoms with Crippen LogP contribution in [0, 0.1) is 0 Å². The molecule has 0 aliphatic carbocycles. The summed E-state index contributed by atoms with van der Waals surface area (Å²) in [5.41, 5.74) is 1.99. The molecule has 5 nitrogen and oxygen atoms in total. The largest absolute Gasteiger partial charge is 0.359 e. The first-order valence-corrected chi connectivity index (χ1v) is 7.11. The molecule has 0 atom stereocenters. The van der Waals surface area contributed by atoms with Crippen LogP contribution in [-0.2, 0) is 6.54 Å². The van der Waals surface area contributed by atoms with E-state index in [0.717, 1.165) is 36.7 Å². The van der Waals surface area contributed by atoms with Crippen LogP contribution in [0.5, 0.6) is 0 Å². The fourth-order valence-electron chi connectivity index (χ4n) is 2.69. The molecule has 1 aliphatic rings. The number of aromatic nitrogens is 3. The van der Waals surface area contributed by atoms with Gasteiger partial charge in [0.25, 0.3) is 0 Å². The van der Waals surface area contributed by atoms with E-state index in [9.17, 15) is 0 Å².